The first-order valence-electron chi connectivity index (χ1n) is 7.66. The van der Waals surface area contributed by atoms with E-state index in [4.69, 9.17) is 0 Å². The summed E-state index contributed by atoms with van der Waals surface area (Å²) >= 11 is 3.54. The van der Waals surface area contributed by atoms with Gasteiger partial charge in [0.05, 0.1) is 11.9 Å². The van der Waals surface area contributed by atoms with Crippen molar-refractivity contribution in [2.45, 2.75) is 19.9 Å². The summed E-state index contributed by atoms with van der Waals surface area (Å²) in [6, 6.07) is 16.4. The van der Waals surface area contributed by atoms with E-state index in [0.717, 1.165) is 10.2 Å². The second kappa shape index (κ2) is 7.40. The third-order valence-electron chi connectivity index (χ3n) is 3.59. The lowest BCUT2D eigenvalue weighted by atomic mass is 10.1. The van der Waals surface area contributed by atoms with Crippen LogP contribution in [0.2, 0.25) is 0 Å². The molecule has 0 saturated carbocycles. The zero-order chi connectivity index (χ0) is 16.9. The zero-order valence-electron chi connectivity index (χ0n) is 13.5. The van der Waals surface area contributed by atoms with Gasteiger partial charge in [-0.25, -0.2) is 0 Å². The molecule has 0 amide bonds. The van der Waals surface area contributed by atoms with E-state index in [2.05, 4.69) is 60.8 Å². The number of hydrogen-bond donors (Lipinski definition) is 2. The second-order valence-corrected chi connectivity index (χ2v) is 6.40. The summed E-state index contributed by atoms with van der Waals surface area (Å²) in [6.45, 7) is 4.13. The van der Waals surface area contributed by atoms with E-state index in [1.54, 1.807) is 6.20 Å². The molecule has 2 N–H and O–H groups in total. The van der Waals surface area contributed by atoms with Gasteiger partial charge in [-0.2, -0.15) is 10.1 Å². The standard InChI is InChI=1S/C18H18BrN5/c1-12-8-9-16(15(19)10-12)22-18-23-17(11-20-24-18)21-13(2)14-6-4-3-5-7-14/h3-11,13H,1-2H3,(H2,21,22,23,24). The smallest absolute Gasteiger partial charge is 0.249 e. The van der Waals surface area contributed by atoms with Crippen LogP contribution in [0.15, 0.2) is 59.2 Å². The summed E-state index contributed by atoms with van der Waals surface area (Å²) in [7, 11) is 0. The average Bonchev–Trinajstić information content (AvgIpc) is 2.58. The molecule has 1 atom stereocenters. The van der Waals surface area contributed by atoms with Gasteiger partial charge >= 0.3 is 0 Å². The maximum atomic E-state index is 4.48. The van der Waals surface area contributed by atoms with Crippen LogP contribution < -0.4 is 10.6 Å². The number of benzene rings is 2. The number of rotatable bonds is 5. The fraction of sp³-hybridized carbons (Fsp3) is 0.167. The van der Waals surface area contributed by atoms with Gasteiger partial charge in [0, 0.05) is 10.5 Å². The molecule has 0 aliphatic carbocycles. The molecule has 5 nitrogen and oxygen atoms in total. The van der Waals surface area contributed by atoms with Crippen LogP contribution in [-0.4, -0.2) is 15.2 Å². The molecule has 0 spiro atoms. The van der Waals surface area contributed by atoms with Gasteiger partial charge in [-0.15, -0.1) is 5.10 Å². The second-order valence-electron chi connectivity index (χ2n) is 5.55. The summed E-state index contributed by atoms with van der Waals surface area (Å²) in [6.07, 6.45) is 1.62. The molecule has 0 aliphatic heterocycles. The summed E-state index contributed by atoms with van der Waals surface area (Å²) in [5.74, 6) is 1.12. The predicted octanol–water partition coefficient (Wildman–Crippen LogP) is 4.86. The van der Waals surface area contributed by atoms with Crippen LogP contribution >= 0.6 is 15.9 Å². The lowest BCUT2D eigenvalue weighted by molar-refractivity contribution is 0.861. The van der Waals surface area contributed by atoms with Gasteiger partial charge in [-0.1, -0.05) is 36.4 Å². The monoisotopic (exact) mass is 383 g/mol. The van der Waals surface area contributed by atoms with Crippen LogP contribution in [0, 0.1) is 6.92 Å². The third-order valence-corrected chi connectivity index (χ3v) is 4.25. The fourth-order valence-corrected chi connectivity index (χ4v) is 2.91. The Morgan fingerprint density at radius 3 is 2.62 bits per heavy atom. The Labute approximate surface area is 149 Å². The van der Waals surface area contributed by atoms with Crippen LogP contribution in [0.25, 0.3) is 0 Å². The van der Waals surface area contributed by atoms with Gasteiger partial charge in [-0.3, -0.25) is 0 Å². The molecular weight excluding hydrogens is 366 g/mol. The molecule has 3 rings (SSSR count). The highest BCUT2D eigenvalue weighted by molar-refractivity contribution is 9.10. The van der Waals surface area contributed by atoms with Crippen molar-refractivity contribution >= 4 is 33.4 Å². The van der Waals surface area contributed by atoms with E-state index in [1.165, 1.54) is 11.1 Å². The summed E-state index contributed by atoms with van der Waals surface area (Å²) in [4.78, 5) is 4.48. The highest BCUT2D eigenvalue weighted by Gasteiger charge is 2.08. The zero-order valence-corrected chi connectivity index (χ0v) is 15.1. The van der Waals surface area contributed by atoms with Gasteiger partial charge in [-0.05, 0) is 53.0 Å². The van der Waals surface area contributed by atoms with Crippen LogP contribution in [0.3, 0.4) is 0 Å². The minimum atomic E-state index is 0.127. The minimum absolute atomic E-state index is 0.127. The maximum absolute atomic E-state index is 4.48. The highest BCUT2D eigenvalue weighted by Crippen LogP contribution is 2.26. The van der Waals surface area contributed by atoms with E-state index >= 15 is 0 Å². The Morgan fingerprint density at radius 2 is 1.88 bits per heavy atom. The van der Waals surface area contributed by atoms with E-state index in [0.29, 0.717) is 11.8 Å². The van der Waals surface area contributed by atoms with E-state index in [1.807, 2.05) is 43.3 Å². The number of aryl methyl sites for hydroxylation is 1. The first kappa shape index (κ1) is 16.4. The molecule has 0 saturated heterocycles. The number of nitrogens with zero attached hydrogens (tertiary/aromatic N) is 3. The van der Waals surface area contributed by atoms with Crippen LogP contribution in [0.1, 0.15) is 24.1 Å². The molecule has 6 heteroatoms. The molecule has 0 fully saturated rings. The van der Waals surface area contributed by atoms with Crippen LogP contribution in [0.4, 0.5) is 17.5 Å². The molecule has 0 aliphatic rings. The molecule has 122 valence electrons. The van der Waals surface area contributed by atoms with Gasteiger partial charge in [0.1, 0.15) is 0 Å². The Balaban J connectivity index is 1.74. The van der Waals surface area contributed by atoms with Crippen molar-refractivity contribution in [3.63, 3.8) is 0 Å². The van der Waals surface area contributed by atoms with Crippen molar-refractivity contribution in [2.75, 3.05) is 10.6 Å². The molecule has 1 aromatic heterocycles. The quantitative estimate of drug-likeness (QED) is 0.658. The summed E-state index contributed by atoms with van der Waals surface area (Å²) in [5, 5.41) is 14.6. The largest absolute Gasteiger partial charge is 0.362 e. The molecule has 0 bridgehead atoms. The van der Waals surface area contributed by atoms with Crippen LogP contribution in [0.5, 0.6) is 0 Å². The van der Waals surface area contributed by atoms with Gasteiger partial charge in [0.25, 0.3) is 0 Å². The lowest BCUT2D eigenvalue weighted by Crippen LogP contribution is -2.10. The summed E-state index contributed by atoms with van der Waals surface area (Å²) in [5.41, 5.74) is 3.26. The molecule has 0 radical (unpaired) electrons. The molecule has 2 aromatic carbocycles. The average molecular weight is 384 g/mol. The predicted molar refractivity (Wildman–Crippen MR) is 100 cm³/mol. The number of anilines is 3. The van der Waals surface area contributed by atoms with Crippen molar-refractivity contribution in [1.82, 2.24) is 15.2 Å². The molecule has 1 heterocycles. The van der Waals surface area contributed by atoms with Crippen molar-refractivity contribution in [3.05, 3.63) is 70.3 Å². The first-order chi connectivity index (χ1) is 11.6. The topological polar surface area (TPSA) is 62.7 Å². The Bertz CT molecular complexity index is 823. The van der Waals surface area contributed by atoms with E-state index < -0.39 is 0 Å². The summed E-state index contributed by atoms with van der Waals surface area (Å²) < 4.78 is 0.960. The third kappa shape index (κ3) is 4.08. The fourth-order valence-electron chi connectivity index (χ4n) is 2.31. The minimum Gasteiger partial charge on any atom is -0.362 e. The van der Waals surface area contributed by atoms with E-state index in [9.17, 15) is 0 Å². The lowest BCUT2D eigenvalue weighted by Gasteiger charge is -2.15. The maximum Gasteiger partial charge on any atom is 0.249 e. The Morgan fingerprint density at radius 1 is 1.08 bits per heavy atom. The Hall–Kier alpha value is -2.47. The number of halogens is 1. The molecule has 3 aromatic rings. The first-order valence-corrected chi connectivity index (χ1v) is 8.45. The van der Waals surface area contributed by atoms with Crippen molar-refractivity contribution < 1.29 is 0 Å². The number of nitrogens with one attached hydrogen (secondary N) is 2. The van der Waals surface area contributed by atoms with Crippen LogP contribution in [-0.2, 0) is 0 Å². The normalized spacial score (nSPS) is 11.8. The molecular formula is C18H18BrN5. The van der Waals surface area contributed by atoms with Gasteiger partial charge < -0.3 is 10.6 Å². The van der Waals surface area contributed by atoms with Crippen molar-refractivity contribution in [1.29, 1.82) is 0 Å². The molecule has 1 unspecified atom stereocenters. The van der Waals surface area contributed by atoms with E-state index in [-0.39, 0.29) is 6.04 Å². The SMILES string of the molecule is Cc1ccc(Nc2nncc(NC(C)c3ccccc3)n2)c(Br)c1. The Kier molecular flexibility index (Phi) is 5.05. The van der Waals surface area contributed by atoms with Gasteiger partial charge in [0.15, 0.2) is 5.82 Å². The highest BCUT2D eigenvalue weighted by atomic mass is 79.9. The van der Waals surface area contributed by atoms with Crippen molar-refractivity contribution in [3.8, 4) is 0 Å². The number of aromatic nitrogens is 3. The molecule has 24 heavy (non-hydrogen) atoms. The number of hydrogen-bond acceptors (Lipinski definition) is 5. The van der Waals surface area contributed by atoms with Crippen molar-refractivity contribution in [2.24, 2.45) is 0 Å². The van der Waals surface area contributed by atoms with Gasteiger partial charge in [0.2, 0.25) is 5.95 Å².